The number of nitrogens with one attached hydrogen (secondary N) is 2. The van der Waals surface area contributed by atoms with E-state index < -0.39 is 21.6 Å². The van der Waals surface area contributed by atoms with Crippen molar-refractivity contribution in [3.63, 3.8) is 0 Å². The Morgan fingerprint density at radius 3 is 2.36 bits per heavy atom. The summed E-state index contributed by atoms with van der Waals surface area (Å²) >= 11 is 6.46. The number of anilines is 2. The monoisotopic (exact) mass is 725 g/mol. The molecule has 0 radical (unpaired) electrons. The number of halogens is 2. The van der Waals surface area contributed by atoms with Gasteiger partial charge in [0.2, 0.25) is 5.95 Å². The fourth-order valence-corrected chi connectivity index (χ4v) is 6.87. The lowest BCUT2D eigenvalue weighted by atomic mass is 9.99. The number of imidazole rings is 1. The number of H-pyrrole nitrogens is 1. The number of amides is 1. The summed E-state index contributed by atoms with van der Waals surface area (Å²) in [6, 6.07) is 8.15. The summed E-state index contributed by atoms with van der Waals surface area (Å²) in [7, 11) is 3.84. The highest BCUT2D eigenvalue weighted by Crippen LogP contribution is 2.44. The molecule has 14 nitrogen and oxygen atoms in total. The Balaban J connectivity index is 0.000000253. The number of hydrogen-bond donors (Lipinski definition) is 3. The van der Waals surface area contributed by atoms with Crippen molar-refractivity contribution in [2.75, 3.05) is 64.0 Å². The van der Waals surface area contributed by atoms with Crippen LogP contribution < -0.4 is 20.5 Å². The average molecular weight is 726 g/mol. The van der Waals surface area contributed by atoms with E-state index in [1.54, 1.807) is 24.5 Å². The van der Waals surface area contributed by atoms with E-state index in [1.165, 1.54) is 38.7 Å². The zero-order valence-electron chi connectivity index (χ0n) is 27.9. The number of carbonyl (C=O) groups is 1. The number of rotatable bonds is 9. The molecule has 4 heterocycles. The summed E-state index contributed by atoms with van der Waals surface area (Å²) in [4.78, 5) is 37.1. The SMILES string of the molecule is COc1cc(OC)c(Cl)c(-c2ccc(C(=O)Nc3ncc(CN(C)C)[nH]3)c3nccnc23)c1F.Nc1ccc(CN2CCS(=O)(=O)CC2)cn1. The molecule has 1 saturated heterocycles. The molecule has 6 rings (SSSR count). The quantitative estimate of drug-likeness (QED) is 0.199. The number of sulfone groups is 1. The maximum atomic E-state index is 15.3. The Labute approximate surface area is 293 Å². The number of aromatic amines is 1. The minimum atomic E-state index is -2.79. The highest BCUT2D eigenvalue weighted by atomic mass is 35.5. The number of fused-ring (bicyclic) bond motifs is 1. The molecule has 4 N–H and O–H groups in total. The lowest BCUT2D eigenvalue weighted by Gasteiger charge is -2.26. The van der Waals surface area contributed by atoms with Crippen LogP contribution >= 0.6 is 11.6 Å². The number of nitrogens with two attached hydrogens (primary N) is 1. The molecule has 0 spiro atoms. The van der Waals surface area contributed by atoms with Crippen molar-refractivity contribution in [2.45, 2.75) is 13.1 Å². The maximum absolute atomic E-state index is 15.3. The number of pyridine rings is 1. The first kappa shape index (κ1) is 36.4. The van der Waals surface area contributed by atoms with Gasteiger partial charge in [0.25, 0.3) is 5.91 Å². The molecule has 0 atom stereocenters. The van der Waals surface area contributed by atoms with Crippen molar-refractivity contribution in [3.05, 3.63) is 82.8 Å². The van der Waals surface area contributed by atoms with E-state index in [9.17, 15) is 13.2 Å². The Morgan fingerprint density at radius 1 is 1.02 bits per heavy atom. The zero-order chi connectivity index (χ0) is 36.0. The normalized spacial score (nSPS) is 14.2. The lowest BCUT2D eigenvalue weighted by molar-refractivity contribution is 0.102. The predicted octanol–water partition coefficient (Wildman–Crippen LogP) is 4.04. The van der Waals surface area contributed by atoms with Gasteiger partial charge in [0, 0.05) is 62.0 Å². The van der Waals surface area contributed by atoms with E-state index in [-0.39, 0.29) is 44.7 Å². The molecular weight excluding hydrogens is 689 g/mol. The lowest BCUT2D eigenvalue weighted by Crippen LogP contribution is -2.39. The number of aromatic nitrogens is 5. The van der Waals surface area contributed by atoms with Crippen molar-refractivity contribution in [1.82, 2.24) is 34.7 Å². The van der Waals surface area contributed by atoms with Gasteiger partial charge in [-0.2, -0.15) is 0 Å². The van der Waals surface area contributed by atoms with Crippen LogP contribution in [0.25, 0.3) is 22.2 Å². The molecule has 1 amide bonds. The largest absolute Gasteiger partial charge is 0.495 e. The smallest absolute Gasteiger partial charge is 0.260 e. The van der Waals surface area contributed by atoms with Crippen LogP contribution in [-0.2, 0) is 22.9 Å². The second kappa shape index (κ2) is 15.8. The molecule has 0 bridgehead atoms. The van der Waals surface area contributed by atoms with Crippen molar-refractivity contribution in [3.8, 4) is 22.6 Å². The van der Waals surface area contributed by atoms with Gasteiger partial charge in [-0.15, -0.1) is 0 Å². The van der Waals surface area contributed by atoms with Crippen LogP contribution in [-0.4, -0.2) is 102 Å². The maximum Gasteiger partial charge on any atom is 0.260 e. The topological polar surface area (TPSA) is 182 Å². The Morgan fingerprint density at radius 2 is 1.72 bits per heavy atom. The third-order valence-corrected chi connectivity index (χ3v) is 9.73. The van der Waals surface area contributed by atoms with Crippen LogP contribution in [0.1, 0.15) is 21.6 Å². The summed E-state index contributed by atoms with van der Waals surface area (Å²) in [6.07, 6.45) is 6.29. The van der Waals surface area contributed by atoms with Crippen molar-refractivity contribution in [2.24, 2.45) is 0 Å². The van der Waals surface area contributed by atoms with Crippen molar-refractivity contribution in [1.29, 1.82) is 0 Å². The van der Waals surface area contributed by atoms with Crippen molar-refractivity contribution < 1.29 is 27.1 Å². The molecule has 17 heteroatoms. The molecule has 50 heavy (non-hydrogen) atoms. The van der Waals surface area contributed by atoms with E-state index in [2.05, 4.69) is 35.1 Å². The van der Waals surface area contributed by atoms with E-state index in [0.29, 0.717) is 42.5 Å². The molecule has 1 aliphatic heterocycles. The van der Waals surface area contributed by atoms with Gasteiger partial charge in [-0.25, -0.2) is 22.8 Å². The van der Waals surface area contributed by atoms with Gasteiger partial charge in [-0.1, -0.05) is 23.7 Å². The Bertz CT molecular complexity index is 2050. The summed E-state index contributed by atoms with van der Waals surface area (Å²) < 4.78 is 48.2. The summed E-state index contributed by atoms with van der Waals surface area (Å²) in [5.74, 6) is 0.394. The van der Waals surface area contributed by atoms with Gasteiger partial charge in [0.1, 0.15) is 17.1 Å². The molecule has 264 valence electrons. The second-order valence-electron chi connectivity index (χ2n) is 11.7. The molecule has 0 saturated carbocycles. The fraction of sp³-hybridized carbons (Fsp3) is 0.303. The fourth-order valence-electron chi connectivity index (χ4n) is 5.28. The number of methoxy groups -OCH3 is 2. The number of ether oxygens (including phenoxy) is 2. The number of carbonyl (C=O) groups excluding carboxylic acids is 1. The minimum Gasteiger partial charge on any atom is -0.495 e. The van der Waals surface area contributed by atoms with Crippen LogP contribution in [0.2, 0.25) is 5.02 Å². The van der Waals surface area contributed by atoms with E-state index in [4.69, 9.17) is 26.8 Å². The van der Waals surface area contributed by atoms with Crippen LogP contribution in [0, 0.1) is 5.82 Å². The highest BCUT2D eigenvalue weighted by molar-refractivity contribution is 7.91. The number of benzene rings is 2. The first-order valence-corrected chi connectivity index (χ1v) is 17.6. The third-order valence-electron chi connectivity index (χ3n) is 7.75. The first-order valence-electron chi connectivity index (χ1n) is 15.4. The second-order valence-corrected chi connectivity index (χ2v) is 14.3. The standard InChI is InChI=1S/C23H22ClFN6O3.C10H15N3O2S/c1-31(2)11-12-10-28-23(29-12)30-22(32)14-6-5-13(20-21(14)27-8-7-26-20)17-18(24)15(33-3)9-16(34-4)19(17)25;11-10-2-1-9(7-12-10)8-13-3-5-16(14,15)6-4-13/h5-10H,11H2,1-4H3,(H2,28,29,30,32);1-2,7H,3-6,8H2,(H2,11,12). The van der Waals surface area contributed by atoms with E-state index >= 15 is 4.39 Å². The molecule has 1 fully saturated rings. The van der Waals surface area contributed by atoms with Gasteiger partial charge >= 0.3 is 0 Å². The molecular formula is C33H37ClFN9O5S. The van der Waals surface area contributed by atoms with Gasteiger partial charge in [0.15, 0.2) is 21.4 Å². The van der Waals surface area contributed by atoms with Crippen LogP contribution in [0.3, 0.4) is 0 Å². The summed E-state index contributed by atoms with van der Waals surface area (Å²) in [6.45, 7) is 2.59. The molecule has 2 aromatic carbocycles. The Kier molecular flexibility index (Phi) is 11.5. The molecule has 1 aliphatic rings. The highest BCUT2D eigenvalue weighted by Gasteiger charge is 2.25. The summed E-state index contributed by atoms with van der Waals surface area (Å²) in [5, 5.41) is 2.78. The number of hydrogen-bond acceptors (Lipinski definition) is 12. The number of nitrogens with zero attached hydrogens (tertiary/aromatic N) is 6. The molecule has 3 aromatic heterocycles. The van der Waals surface area contributed by atoms with Crippen LogP contribution in [0.15, 0.2) is 55.1 Å². The average Bonchev–Trinajstić information content (AvgIpc) is 3.52. The Hall–Kier alpha value is -4.90. The predicted molar refractivity (Wildman–Crippen MR) is 190 cm³/mol. The minimum absolute atomic E-state index is 0.0367. The zero-order valence-corrected chi connectivity index (χ0v) is 29.5. The van der Waals surface area contributed by atoms with Gasteiger partial charge < -0.3 is 25.1 Å². The van der Waals surface area contributed by atoms with Crippen molar-refractivity contribution >= 4 is 50.1 Å². The molecule has 0 aliphatic carbocycles. The van der Waals surface area contributed by atoms with E-state index in [1.807, 2.05) is 25.1 Å². The van der Waals surface area contributed by atoms with Gasteiger partial charge in [-0.3, -0.25) is 25.0 Å². The van der Waals surface area contributed by atoms with E-state index in [0.717, 1.165) is 17.8 Å². The number of nitrogen functional groups attached to an aromatic ring is 1. The molecule has 5 aromatic rings. The van der Waals surface area contributed by atoms with Crippen LogP contribution in [0.4, 0.5) is 16.2 Å². The van der Waals surface area contributed by atoms with Gasteiger partial charge in [0.05, 0.1) is 53.7 Å². The van der Waals surface area contributed by atoms with Gasteiger partial charge in [-0.05, 0) is 31.8 Å². The summed E-state index contributed by atoms with van der Waals surface area (Å²) in [5.41, 5.74) is 8.58. The molecule has 0 unspecified atom stereocenters. The van der Waals surface area contributed by atoms with Crippen LogP contribution in [0.5, 0.6) is 11.5 Å². The third kappa shape index (κ3) is 8.63. The first-order chi connectivity index (χ1) is 23.9.